The maximum atomic E-state index is 12.8. The quantitative estimate of drug-likeness (QED) is 0.479. The zero-order valence-electron chi connectivity index (χ0n) is 19.5. The number of ether oxygens (including phenoxy) is 1. The largest absolute Gasteiger partial charge is 0.494 e. The molecular formula is C25H35N3O4S. The molecule has 2 aromatic rings. The number of anilines is 1. The van der Waals surface area contributed by atoms with E-state index in [9.17, 15) is 13.2 Å². The van der Waals surface area contributed by atoms with Crippen molar-refractivity contribution in [2.24, 2.45) is 5.92 Å². The summed E-state index contributed by atoms with van der Waals surface area (Å²) in [5, 5.41) is 2.90. The van der Waals surface area contributed by atoms with E-state index in [1.807, 2.05) is 6.92 Å². The number of rotatable bonds is 11. The minimum Gasteiger partial charge on any atom is -0.494 e. The van der Waals surface area contributed by atoms with Gasteiger partial charge >= 0.3 is 0 Å². The molecule has 0 aliphatic carbocycles. The van der Waals surface area contributed by atoms with Crippen LogP contribution in [0.1, 0.15) is 49.9 Å². The van der Waals surface area contributed by atoms with E-state index in [0.717, 1.165) is 25.3 Å². The third-order valence-electron chi connectivity index (χ3n) is 5.89. The number of hydrogen-bond donors (Lipinski definition) is 2. The van der Waals surface area contributed by atoms with Crippen molar-refractivity contribution in [1.29, 1.82) is 0 Å². The molecule has 0 bridgehead atoms. The van der Waals surface area contributed by atoms with E-state index in [4.69, 9.17) is 4.74 Å². The van der Waals surface area contributed by atoms with E-state index in [0.29, 0.717) is 30.2 Å². The number of nitrogens with one attached hydrogen (secondary N) is 2. The van der Waals surface area contributed by atoms with E-state index < -0.39 is 10.0 Å². The van der Waals surface area contributed by atoms with Gasteiger partial charge in [0.15, 0.2) is 0 Å². The standard InChI is InChI=1S/C25H35N3O4S/c1-3-32-23-11-9-22(10-12-23)27-33(30,31)24-8-6-7-21(19-24)25(29)26-15-4-5-16-28-17-13-20(2)14-18-28/h6-12,19-20,27H,3-5,13-18H2,1-2H3,(H,26,29). The second-order valence-corrected chi connectivity index (χ2v) is 10.3. The van der Waals surface area contributed by atoms with Crippen LogP contribution in [0.15, 0.2) is 53.4 Å². The number of carbonyl (C=O) groups excluding carboxylic acids is 1. The van der Waals surface area contributed by atoms with Gasteiger partial charge in [-0.25, -0.2) is 8.42 Å². The average molecular weight is 474 g/mol. The maximum absolute atomic E-state index is 12.8. The number of benzene rings is 2. The molecule has 2 N–H and O–H groups in total. The fourth-order valence-corrected chi connectivity index (χ4v) is 4.96. The molecule has 1 heterocycles. The Bertz CT molecular complexity index is 1000. The number of carbonyl (C=O) groups is 1. The van der Waals surface area contributed by atoms with Crippen LogP contribution in [0.5, 0.6) is 5.75 Å². The van der Waals surface area contributed by atoms with Crippen molar-refractivity contribution in [1.82, 2.24) is 10.2 Å². The molecule has 1 amide bonds. The van der Waals surface area contributed by atoms with Crippen molar-refractivity contribution in [2.75, 3.05) is 37.5 Å². The Morgan fingerprint density at radius 1 is 1.09 bits per heavy atom. The van der Waals surface area contributed by atoms with Crippen LogP contribution in [0.4, 0.5) is 5.69 Å². The molecule has 33 heavy (non-hydrogen) atoms. The van der Waals surface area contributed by atoms with Crippen LogP contribution in [0.2, 0.25) is 0 Å². The summed E-state index contributed by atoms with van der Waals surface area (Å²) in [7, 11) is -3.82. The Hall–Kier alpha value is -2.58. The zero-order chi connectivity index (χ0) is 23.7. The minimum absolute atomic E-state index is 0.0448. The molecule has 7 nitrogen and oxygen atoms in total. The molecule has 0 radical (unpaired) electrons. The van der Waals surface area contributed by atoms with Crippen molar-refractivity contribution in [3.05, 3.63) is 54.1 Å². The van der Waals surface area contributed by atoms with Gasteiger partial charge < -0.3 is 15.0 Å². The Kier molecular flexibility index (Phi) is 9.14. The summed E-state index contributed by atoms with van der Waals surface area (Å²) in [6, 6.07) is 12.8. The average Bonchev–Trinajstić information content (AvgIpc) is 2.81. The monoisotopic (exact) mass is 473 g/mol. The first-order chi connectivity index (χ1) is 15.9. The number of likely N-dealkylation sites (tertiary alicyclic amines) is 1. The number of amides is 1. The SMILES string of the molecule is CCOc1ccc(NS(=O)(=O)c2cccc(C(=O)NCCCCN3CCC(C)CC3)c2)cc1. The number of sulfonamides is 1. The van der Waals surface area contributed by atoms with Gasteiger partial charge in [-0.05, 0) is 101 Å². The van der Waals surface area contributed by atoms with Crippen LogP contribution in [-0.2, 0) is 10.0 Å². The van der Waals surface area contributed by atoms with E-state index in [1.165, 1.54) is 38.1 Å². The number of nitrogens with zero attached hydrogens (tertiary/aromatic N) is 1. The Morgan fingerprint density at radius 3 is 2.52 bits per heavy atom. The molecule has 8 heteroatoms. The van der Waals surface area contributed by atoms with Gasteiger partial charge in [0.1, 0.15) is 5.75 Å². The lowest BCUT2D eigenvalue weighted by Gasteiger charge is -2.30. The molecule has 1 aliphatic rings. The van der Waals surface area contributed by atoms with Crippen LogP contribution < -0.4 is 14.8 Å². The fraction of sp³-hybridized carbons (Fsp3) is 0.480. The van der Waals surface area contributed by atoms with Gasteiger partial charge in [0.05, 0.1) is 11.5 Å². The second kappa shape index (κ2) is 12.0. The Balaban J connectivity index is 1.48. The lowest BCUT2D eigenvalue weighted by atomic mass is 9.99. The summed E-state index contributed by atoms with van der Waals surface area (Å²) in [5.74, 6) is 1.24. The smallest absolute Gasteiger partial charge is 0.261 e. The first kappa shape index (κ1) is 25.1. The van der Waals surface area contributed by atoms with Crippen LogP contribution in [0.25, 0.3) is 0 Å². The normalized spacial score (nSPS) is 15.2. The van der Waals surface area contributed by atoms with Gasteiger partial charge in [0, 0.05) is 17.8 Å². The number of unbranched alkanes of at least 4 members (excludes halogenated alkanes) is 1. The summed E-state index contributed by atoms with van der Waals surface area (Å²) in [4.78, 5) is 15.1. The number of hydrogen-bond acceptors (Lipinski definition) is 5. The summed E-state index contributed by atoms with van der Waals surface area (Å²) < 4.78 is 33.5. The molecule has 180 valence electrons. The van der Waals surface area contributed by atoms with Crippen molar-refractivity contribution in [3.63, 3.8) is 0 Å². The molecule has 1 saturated heterocycles. The molecule has 0 saturated carbocycles. The predicted octanol–water partition coefficient (Wildman–Crippen LogP) is 4.13. The van der Waals surface area contributed by atoms with E-state index in [-0.39, 0.29) is 10.8 Å². The van der Waals surface area contributed by atoms with Gasteiger partial charge in [0.25, 0.3) is 15.9 Å². The maximum Gasteiger partial charge on any atom is 0.261 e. The molecule has 0 spiro atoms. The lowest BCUT2D eigenvalue weighted by Crippen LogP contribution is -2.34. The van der Waals surface area contributed by atoms with Crippen LogP contribution in [0.3, 0.4) is 0 Å². The van der Waals surface area contributed by atoms with Crippen LogP contribution >= 0.6 is 0 Å². The topological polar surface area (TPSA) is 87.7 Å². The van der Waals surface area contributed by atoms with Crippen molar-refractivity contribution >= 4 is 21.6 Å². The minimum atomic E-state index is -3.82. The molecule has 0 unspecified atom stereocenters. The summed E-state index contributed by atoms with van der Waals surface area (Å²) in [6.45, 7) is 8.70. The third-order valence-corrected chi connectivity index (χ3v) is 7.27. The molecule has 0 aromatic heterocycles. The van der Waals surface area contributed by atoms with Gasteiger partial charge in [-0.2, -0.15) is 0 Å². The highest BCUT2D eigenvalue weighted by Gasteiger charge is 2.17. The highest BCUT2D eigenvalue weighted by atomic mass is 32.2. The summed E-state index contributed by atoms with van der Waals surface area (Å²) in [6.07, 6.45) is 4.47. The van der Waals surface area contributed by atoms with E-state index >= 15 is 0 Å². The summed E-state index contributed by atoms with van der Waals surface area (Å²) in [5.41, 5.74) is 0.756. The Morgan fingerprint density at radius 2 is 1.82 bits per heavy atom. The molecule has 1 aliphatic heterocycles. The fourth-order valence-electron chi connectivity index (χ4n) is 3.85. The highest BCUT2D eigenvalue weighted by Crippen LogP contribution is 2.20. The first-order valence-corrected chi connectivity index (χ1v) is 13.2. The van der Waals surface area contributed by atoms with Gasteiger partial charge in [0.2, 0.25) is 0 Å². The van der Waals surface area contributed by atoms with Crippen LogP contribution in [-0.4, -0.2) is 52.0 Å². The highest BCUT2D eigenvalue weighted by molar-refractivity contribution is 7.92. The lowest BCUT2D eigenvalue weighted by molar-refractivity contribution is 0.0952. The van der Waals surface area contributed by atoms with Gasteiger partial charge in [-0.3, -0.25) is 9.52 Å². The Labute approximate surface area is 197 Å². The molecule has 1 fully saturated rings. The van der Waals surface area contributed by atoms with Gasteiger partial charge in [-0.1, -0.05) is 13.0 Å². The van der Waals surface area contributed by atoms with Gasteiger partial charge in [-0.15, -0.1) is 0 Å². The molecule has 2 aromatic carbocycles. The molecular weight excluding hydrogens is 438 g/mol. The number of piperidine rings is 1. The van der Waals surface area contributed by atoms with E-state index in [1.54, 1.807) is 36.4 Å². The van der Waals surface area contributed by atoms with Crippen molar-refractivity contribution in [2.45, 2.75) is 44.4 Å². The first-order valence-electron chi connectivity index (χ1n) is 11.7. The molecule has 0 atom stereocenters. The van der Waals surface area contributed by atoms with E-state index in [2.05, 4.69) is 21.9 Å². The second-order valence-electron chi connectivity index (χ2n) is 8.58. The summed E-state index contributed by atoms with van der Waals surface area (Å²) >= 11 is 0. The van der Waals surface area contributed by atoms with Crippen molar-refractivity contribution < 1.29 is 17.9 Å². The van der Waals surface area contributed by atoms with Crippen LogP contribution in [0, 0.1) is 5.92 Å². The molecule has 3 rings (SSSR count). The zero-order valence-corrected chi connectivity index (χ0v) is 20.4. The van der Waals surface area contributed by atoms with Crippen molar-refractivity contribution in [3.8, 4) is 5.75 Å². The predicted molar refractivity (Wildman–Crippen MR) is 131 cm³/mol. The third kappa shape index (κ3) is 7.75.